The van der Waals surface area contributed by atoms with E-state index >= 15 is 0 Å². The van der Waals surface area contributed by atoms with Crippen LogP contribution in [0.2, 0.25) is 5.15 Å². The fraction of sp³-hybridized carbons (Fsp3) is 0.346. The third kappa shape index (κ3) is 3.71. The van der Waals surface area contributed by atoms with Gasteiger partial charge in [0.15, 0.2) is 11.2 Å². The van der Waals surface area contributed by atoms with Gasteiger partial charge in [-0.1, -0.05) is 70.0 Å². The number of fused-ring (bicyclic) bond motifs is 3. The number of ether oxygens (including phenoxy) is 2. The minimum absolute atomic E-state index is 0.00762. The molecule has 3 N–H and O–H groups in total. The summed E-state index contributed by atoms with van der Waals surface area (Å²) in [6.45, 7) is -0.542. The van der Waals surface area contributed by atoms with Gasteiger partial charge in [0.1, 0.15) is 10.9 Å². The quantitative estimate of drug-likeness (QED) is 0.354. The van der Waals surface area contributed by atoms with Crippen molar-refractivity contribution in [3.8, 4) is 11.6 Å². The summed E-state index contributed by atoms with van der Waals surface area (Å²) in [6.07, 6.45) is -4.00. The van der Waals surface area contributed by atoms with Gasteiger partial charge in [0.2, 0.25) is 5.88 Å². The number of aliphatic hydroxyl groups is 2. The molecule has 5 atom stereocenters. The maximum Gasteiger partial charge on any atom is 0.250 e. The summed E-state index contributed by atoms with van der Waals surface area (Å²) in [7, 11) is 1.39. The van der Waals surface area contributed by atoms with Crippen LogP contribution in [0.25, 0.3) is 0 Å². The van der Waals surface area contributed by atoms with Gasteiger partial charge >= 0.3 is 0 Å². The van der Waals surface area contributed by atoms with Crippen molar-refractivity contribution in [2.75, 3.05) is 20.2 Å². The van der Waals surface area contributed by atoms with Crippen molar-refractivity contribution >= 4 is 27.5 Å². The van der Waals surface area contributed by atoms with Crippen molar-refractivity contribution in [2.45, 2.75) is 29.6 Å². The van der Waals surface area contributed by atoms with Crippen LogP contribution >= 0.6 is 27.5 Å². The molecule has 1 fully saturated rings. The topological polar surface area (TPSA) is 83.8 Å². The van der Waals surface area contributed by atoms with E-state index in [1.807, 2.05) is 42.5 Å². The molecule has 10 heteroatoms. The molecule has 5 rings (SSSR count). The highest BCUT2D eigenvalue weighted by atomic mass is 79.9. The fourth-order valence-corrected chi connectivity index (χ4v) is 6.28. The van der Waals surface area contributed by atoms with Crippen LogP contribution < -0.4 is 14.8 Å². The highest BCUT2D eigenvalue weighted by molar-refractivity contribution is 9.10. The Balaban J connectivity index is 1.79. The van der Waals surface area contributed by atoms with Crippen molar-refractivity contribution in [1.29, 1.82) is 0 Å². The van der Waals surface area contributed by atoms with E-state index < -0.39 is 42.1 Å². The summed E-state index contributed by atoms with van der Waals surface area (Å²) >= 11 is 9.68. The predicted molar refractivity (Wildman–Crippen MR) is 134 cm³/mol. The largest absolute Gasteiger partial charge is 0.481 e. The Morgan fingerprint density at radius 3 is 2.53 bits per heavy atom. The molecule has 1 aliphatic carbocycles. The molecule has 190 valence electrons. The maximum atomic E-state index is 13.0. The van der Waals surface area contributed by atoms with E-state index in [0.717, 1.165) is 10.0 Å². The highest BCUT2D eigenvalue weighted by Crippen LogP contribution is 2.69. The first kappa shape index (κ1) is 25.4. The number of hydrogen-bond donors (Lipinski definition) is 3. The molecule has 6 nitrogen and oxygen atoms in total. The van der Waals surface area contributed by atoms with Crippen LogP contribution in [0.1, 0.15) is 22.6 Å². The van der Waals surface area contributed by atoms with Gasteiger partial charge < -0.3 is 25.0 Å². The normalized spacial score (nSPS) is 28.6. The first-order valence-corrected chi connectivity index (χ1v) is 12.6. The van der Waals surface area contributed by atoms with Crippen LogP contribution in [0.5, 0.6) is 11.6 Å². The number of aromatic nitrogens is 1. The number of methoxy groups -OCH3 is 1. The summed E-state index contributed by atoms with van der Waals surface area (Å²) in [5.74, 6) is -1.11. The second-order valence-corrected chi connectivity index (χ2v) is 10.3. The molecule has 0 saturated heterocycles. The van der Waals surface area contributed by atoms with E-state index in [2.05, 4.69) is 26.2 Å². The minimum atomic E-state index is -2.56. The zero-order valence-corrected chi connectivity index (χ0v) is 21.5. The number of halogens is 4. The van der Waals surface area contributed by atoms with E-state index in [0.29, 0.717) is 5.56 Å². The van der Waals surface area contributed by atoms with Gasteiger partial charge in [0.25, 0.3) is 6.43 Å². The van der Waals surface area contributed by atoms with Crippen LogP contribution in [-0.2, 0) is 11.2 Å². The lowest BCUT2D eigenvalue weighted by Crippen LogP contribution is -2.52. The van der Waals surface area contributed by atoms with Gasteiger partial charge in [-0.15, -0.1) is 0 Å². The van der Waals surface area contributed by atoms with Crippen LogP contribution in [0, 0.1) is 5.92 Å². The molecule has 36 heavy (non-hydrogen) atoms. The molecule has 0 bridgehead atoms. The monoisotopic (exact) mass is 580 g/mol. The third-order valence-corrected chi connectivity index (χ3v) is 7.86. The van der Waals surface area contributed by atoms with Crippen LogP contribution in [0.4, 0.5) is 8.78 Å². The molecule has 0 spiro atoms. The van der Waals surface area contributed by atoms with Gasteiger partial charge in [-0.3, -0.25) is 0 Å². The zero-order chi connectivity index (χ0) is 25.7. The zero-order valence-electron chi connectivity index (χ0n) is 19.2. The number of alkyl halides is 2. The van der Waals surface area contributed by atoms with Crippen LogP contribution in [-0.4, -0.2) is 47.9 Å². The van der Waals surface area contributed by atoms with Gasteiger partial charge in [0.05, 0.1) is 25.3 Å². The second-order valence-electron chi connectivity index (χ2n) is 8.98. The molecule has 2 heterocycles. The van der Waals surface area contributed by atoms with Gasteiger partial charge in [0, 0.05) is 28.9 Å². The number of nitrogens with zero attached hydrogens (tertiary/aromatic N) is 1. The average molecular weight is 582 g/mol. The Bertz CT molecular complexity index is 1250. The summed E-state index contributed by atoms with van der Waals surface area (Å²) in [5.41, 5.74) is -2.07. The molecule has 0 amide bonds. The van der Waals surface area contributed by atoms with Crippen LogP contribution in [0.15, 0.2) is 65.1 Å². The third-order valence-electron chi connectivity index (χ3n) is 7.14. The molecular formula is C26H24BrClF2N2O4. The Hall–Kier alpha value is -2.30. The SMILES string of the molecule is COc1nc(Cl)cc2c1[C@]1(O)[C@H](O)[C@H](CNCC(F)F)[C@@H](c3ccccc3)[C@]1(c1ccc(Br)cc1)O2. The molecule has 1 aromatic heterocycles. The number of nitrogens with one attached hydrogen (secondary N) is 1. The van der Waals surface area contributed by atoms with Gasteiger partial charge in [-0.2, -0.15) is 0 Å². The van der Waals surface area contributed by atoms with Crippen molar-refractivity contribution in [3.05, 3.63) is 87.0 Å². The van der Waals surface area contributed by atoms with E-state index in [-0.39, 0.29) is 28.9 Å². The smallest absolute Gasteiger partial charge is 0.250 e. The van der Waals surface area contributed by atoms with E-state index in [4.69, 9.17) is 21.1 Å². The number of aliphatic hydroxyl groups excluding tert-OH is 1. The maximum absolute atomic E-state index is 13.0. The Morgan fingerprint density at radius 1 is 1.19 bits per heavy atom. The second kappa shape index (κ2) is 9.54. The van der Waals surface area contributed by atoms with Crippen LogP contribution in [0.3, 0.4) is 0 Å². The molecular weight excluding hydrogens is 558 g/mol. The lowest BCUT2D eigenvalue weighted by Gasteiger charge is -2.41. The lowest BCUT2D eigenvalue weighted by molar-refractivity contribution is -0.152. The molecule has 1 saturated carbocycles. The molecule has 0 radical (unpaired) electrons. The first-order chi connectivity index (χ1) is 17.2. The van der Waals surface area contributed by atoms with Crippen molar-refractivity contribution < 1.29 is 28.5 Å². The average Bonchev–Trinajstić information content (AvgIpc) is 3.22. The fourth-order valence-electron chi connectivity index (χ4n) is 5.84. The first-order valence-electron chi connectivity index (χ1n) is 11.4. The van der Waals surface area contributed by atoms with E-state index in [1.165, 1.54) is 13.2 Å². The summed E-state index contributed by atoms with van der Waals surface area (Å²) in [5, 5.41) is 27.3. The number of hydrogen-bond acceptors (Lipinski definition) is 6. The molecule has 1 aliphatic heterocycles. The summed E-state index contributed by atoms with van der Waals surface area (Å²) < 4.78 is 39.0. The Labute approximate surface area is 220 Å². The Kier molecular flexibility index (Phi) is 6.72. The van der Waals surface area contributed by atoms with Crippen molar-refractivity contribution in [2.24, 2.45) is 5.92 Å². The molecule has 2 aliphatic rings. The molecule has 2 aromatic carbocycles. The Morgan fingerprint density at radius 2 is 1.89 bits per heavy atom. The standard InChI is InChI=1S/C26H24BrClF2N2O4/c1-35-24-22-18(11-19(28)32-24)36-26(15-7-9-16(27)10-8-15)21(14-5-3-2-4-6-14)17(12-31-13-20(29)30)23(33)25(22,26)34/h2-11,17,20-21,23,31,33-34H,12-13H2,1H3/t17-,21-,23-,25+,26+/m1/s1. The lowest BCUT2D eigenvalue weighted by atomic mass is 9.71. The number of rotatable bonds is 7. The minimum Gasteiger partial charge on any atom is -0.481 e. The number of pyridine rings is 1. The van der Waals surface area contributed by atoms with E-state index in [9.17, 15) is 19.0 Å². The van der Waals surface area contributed by atoms with Crippen molar-refractivity contribution in [1.82, 2.24) is 10.3 Å². The predicted octanol–water partition coefficient (Wildman–Crippen LogP) is 4.61. The highest BCUT2D eigenvalue weighted by Gasteiger charge is 2.76. The van der Waals surface area contributed by atoms with Gasteiger partial charge in [-0.05, 0) is 23.3 Å². The molecule has 0 unspecified atom stereocenters. The number of benzene rings is 2. The van der Waals surface area contributed by atoms with Crippen molar-refractivity contribution in [3.63, 3.8) is 0 Å². The van der Waals surface area contributed by atoms with Gasteiger partial charge in [-0.25, -0.2) is 13.8 Å². The summed E-state index contributed by atoms with van der Waals surface area (Å²) in [6, 6.07) is 18.0. The van der Waals surface area contributed by atoms with E-state index in [1.54, 1.807) is 12.1 Å². The molecule has 3 aromatic rings. The summed E-state index contributed by atoms with van der Waals surface area (Å²) in [4.78, 5) is 4.22.